The molecule has 0 aromatic carbocycles. The van der Waals surface area contributed by atoms with E-state index < -0.39 is 0 Å². The summed E-state index contributed by atoms with van der Waals surface area (Å²) in [5, 5.41) is 2.11. The molecule has 4 heteroatoms. The average molecular weight is 172 g/mol. The van der Waals surface area contributed by atoms with Gasteiger partial charge < -0.3 is 4.90 Å². The van der Waals surface area contributed by atoms with Crippen LogP contribution in [0.1, 0.15) is 20.8 Å². The first-order valence-electron chi connectivity index (χ1n) is 3.98. The first-order chi connectivity index (χ1) is 5.43. The molecular formula is C8H16N2O2. The predicted octanol–water partition coefficient (Wildman–Crippen LogP) is 0.830. The van der Waals surface area contributed by atoms with Crippen molar-refractivity contribution in [2.75, 3.05) is 13.6 Å². The Bertz CT molecular complexity index is 175. The van der Waals surface area contributed by atoms with E-state index in [1.165, 1.54) is 4.90 Å². The van der Waals surface area contributed by atoms with Gasteiger partial charge in [0, 0.05) is 7.05 Å². The molecule has 0 unspecified atom stereocenters. The Hall–Kier alpha value is -1.06. The van der Waals surface area contributed by atoms with E-state index in [1.54, 1.807) is 7.05 Å². The molecule has 3 amide bonds. The Kier molecular flexibility index (Phi) is 4.33. The molecule has 0 aliphatic carbocycles. The van der Waals surface area contributed by atoms with Gasteiger partial charge in [-0.2, -0.15) is 0 Å². The zero-order valence-electron chi connectivity index (χ0n) is 8.05. The third-order valence-electron chi connectivity index (χ3n) is 0.974. The van der Waals surface area contributed by atoms with Gasteiger partial charge in [-0.05, 0) is 5.92 Å². The number of hydrogen-bond donors (Lipinski definition) is 1. The molecular weight excluding hydrogens is 156 g/mol. The van der Waals surface area contributed by atoms with Crippen LogP contribution in [0.25, 0.3) is 0 Å². The van der Waals surface area contributed by atoms with Gasteiger partial charge in [-0.3, -0.25) is 10.1 Å². The topological polar surface area (TPSA) is 49.4 Å². The van der Waals surface area contributed by atoms with Crippen molar-refractivity contribution in [1.82, 2.24) is 10.2 Å². The third-order valence-corrected chi connectivity index (χ3v) is 0.974. The molecule has 0 saturated carbocycles. The zero-order chi connectivity index (χ0) is 9.72. The molecule has 0 radical (unpaired) electrons. The van der Waals surface area contributed by atoms with Crippen molar-refractivity contribution in [3.05, 3.63) is 0 Å². The highest BCUT2D eigenvalue weighted by Gasteiger charge is 2.21. The SMILES string of the molecule is CC(C)C.CN1CC(=O)NC1=O. The van der Waals surface area contributed by atoms with Crippen LogP contribution in [0.3, 0.4) is 0 Å². The van der Waals surface area contributed by atoms with Crippen molar-refractivity contribution in [3.8, 4) is 0 Å². The fourth-order valence-electron chi connectivity index (χ4n) is 0.541. The zero-order valence-corrected chi connectivity index (χ0v) is 8.05. The van der Waals surface area contributed by atoms with Gasteiger partial charge in [0.1, 0.15) is 6.54 Å². The number of nitrogens with one attached hydrogen (secondary N) is 1. The average Bonchev–Trinajstić information content (AvgIpc) is 2.08. The lowest BCUT2D eigenvalue weighted by molar-refractivity contribution is -0.118. The largest absolute Gasteiger partial charge is 0.324 e. The quantitative estimate of drug-likeness (QED) is 0.550. The lowest BCUT2D eigenvalue weighted by Gasteiger charge is -1.99. The van der Waals surface area contributed by atoms with Crippen LogP contribution >= 0.6 is 0 Å². The normalized spacial score (nSPS) is 15.9. The number of rotatable bonds is 0. The van der Waals surface area contributed by atoms with Crippen LogP contribution in [0.15, 0.2) is 0 Å². The van der Waals surface area contributed by atoms with Crippen molar-refractivity contribution in [2.45, 2.75) is 20.8 Å². The van der Waals surface area contributed by atoms with Crippen LogP contribution in [0.2, 0.25) is 0 Å². The van der Waals surface area contributed by atoms with E-state index in [1.807, 2.05) is 0 Å². The fraction of sp³-hybridized carbons (Fsp3) is 0.750. The van der Waals surface area contributed by atoms with Gasteiger partial charge in [0.2, 0.25) is 5.91 Å². The van der Waals surface area contributed by atoms with E-state index in [0.717, 1.165) is 5.92 Å². The maximum Gasteiger partial charge on any atom is 0.324 e. The van der Waals surface area contributed by atoms with Gasteiger partial charge in [0.05, 0.1) is 0 Å². The number of carbonyl (C=O) groups excluding carboxylic acids is 2. The molecule has 0 atom stereocenters. The Balaban J connectivity index is 0.000000261. The Labute approximate surface area is 72.9 Å². The fourth-order valence-corrected chi connectivity index (χ4v) is 0.541. The van der Waals surface area contributed by atoms with Gasteiger partial charge >= 0.3 is 6.03 Å². The van der Waals surface area contributed by atoms with Gasteiger partial charge in [0.15, 0.2) is 0 Å². The molecule has 1 aliphatic heterocycles. The molecule has 1 N–H and O–H groups in total. The smallest absolute Gasteiger partial charge is 0.318 e. The van der Waals surface area contributed by atoms with Crippen molar-refractivity contribution in [3.63, 3.8) is 0 Å². The number of hydrogen-bond acceptors (Lipinski definition) is 2. The molecule has 0 spiro atoms. The maximum atomic E-state index is 10.4. The van der Waals surface area contributed by atoms with Crippen molar-refractivity contribution in [1.29, 1.82) is 0 Å². The van der Waals surface area contributed by atoms with Crippen LogP contribution in [0, 0.1) is 5.92 Å². The first kappa shape index (κ1) is 10.9. The van der Waals surface area contributed by atoms with E-state index in [-0.39, 0.29) is 18.5 Å². The molecule has 1 heterocycles. The molecule has 0 aromatic rings. The molecule has 12 heavy (non-hydrogen) atoms. The second-order valence-corrected chi connectivity index (χ2v) is 3.44. The number of likely N-dealkylation sites (N-methyl/N-ethyl adjacent to an activating group) is 1. The summed E-state index contributed by atoms with van der Waals surface area (Å²) in [6.07, 6.45) is 0. The van der Waals surface area contributed by atoms with Gasteiger partial charge in [-0.25, -0.2) is 4.79 Å². The number of urea groups is 1. The van der Waals surface area contributed by atoms with Crippen LogP contribution in [0.5, 0.6) is 0 Å². The van der Waals surface area contributed by atoms with E-state index in [4.69, 9.17) is 0 Å². The summed E-state index contributed by atoms with van der Waals surface area (Å²) in [5.41, 5.74) is 0. The minimum Gasteiger partial charge on any atom is -0.318 e. The van der Waals surface area contributed by atoms with Gasteiger partial charge in [-0.15, -0.1) is 0 Å². The lowest BCUT2D eigenvalue weighted by Crippen LogP contribution is -2.24. The molecule has 0 bridgehead atoms. The summed E-state index contributed by atoms with van der Waals surface area (Å²) in [6.45, 7) is 6.69. The summed E-state index contributed by atoms with van der Waals surface area (Å²) < 4.78 is 0. The second-order valence-electron chi connectivity index (χ2n) is 3.44. The van der Waals surface area contributed by atoms with Crippen LogP contribution < -0.4 is 5.32 Å². The summed E-state index contributed by atoms with van der Waals surface area (Å²) >= 11 is 0. The minimum atomic E-state index is -0.310. The van der Waals surface area contributed by atoms with Crippen LogP contribution in [-0.4, -0.2) is 30.4 Å². The van der Waals surface area contributed by atoms with Gasteiger partial charge in [0.25, 0.3) is 0 Å². The van der Waals surface area contributed by atoms with Crippen molar-refractivity contribution < 1.29 is 9.59 Å². The first-order valence-corrected chi connectivity index (χ1v) is 3.98. The highest BCUT2D eigenvalue weighted by Crippen LogP contribution is 1.90. The summed E-state index contributed by atoms with van der Waals surface area (Å²) in [6, 6.07) is -0.310. The molecule has 1 aliphatic rings. The van der Waals surface area contributed by atoms with E-state index >= 15 is 0 Å². The molecule has 70 valence electrons. The Morgan fingerprint density at radius 2 is 1.75 bits per heavy atom. The number of amides is 3. The van der Waals surface area contributed by atoms with E-state index in [9.17, 15) is 9.59 Å². The lowest BCUT2D eigenvalue weighted by atomic mass is 10.3. The van der Waals surface area contributed by atoms with Gasteiger partial charge in [-0.1, -0.05) is 20.8 Å². The molecule has 4 nitrogen and oxygen atoms in total. The molecule has 1 rings (SSSR count). The van der Waals surface area contributed by atoms with Crippen molar-refractivity contribution in [2.24, 2.45) is 5.92 Å². The predicted molar refractivity (Wildman–Crippen MR) is 46.7 cm³/mol. The summed E-state index contributed by atoms with van der Waals surface area (Å²) in [5.74, 6) is 0.609. The third kappa shape index (κ3) is 4.71. The maximum absolute atomic E-state index is 10.4. The number of carbonyl (C=O) groups is 2. The standard InChI is InChI=1S/C4H6N2O2.C4H10/c1-6-2-3(7)5-4(6)8;1-4(2)3/h2H2,1H3,(H,5,7,8);4H,1-3H3. The Morgan fingerprint density at radius 1 is 1.33 bits per heavy atom. The summed E-state index contributed by atoms with van der Waals surface area (Å²) in [4.78, 5) is 22.0. The number of nitrogens with zero attached hydrogens (tertiary/aromatic N) is 1. The monoisotopic (exact) mass is 172 g/mol. The van der Waals surface area contributed by atoms with E-state index in [2.05, 4.69) is 26.1 Å². The van der Waals surface area contributed by atoms with Crippen molar-refractivity contribution >= 4 is 11.9 Å². The minimum absolute atomic E-state index is 0.193. The molecule has 0 aromatic heterocycles. The molecule has 1 fully saturated rings. The van der Waals surface area contributed by atoms with E-state index in [0.29, 0.717) is 0 Å². The highest BCUT2D eigenvalue weighted by atomic mass is 16.2. The second kappa shape index (κ2) is 4.74. The summed E-state index contributed by atoms with van der Waals surface area (Å²) in [7, 11) is 1.57. The van der Waals surface area contributed by atoms with Crippen LogP contribution in [-0.2, 0) is 4.79 Å². The highest BCUT2D eigenvalue weighted by molar-refractivity contribution is 6.01. The van der Waals surface area contributed by atoms with Crippen LogP contribution in [0.4, 0.5) is 4.79 Å². The Morgan fingerprint density at radius 3 is 1.83 bits per heavy atom. The molecule has 1 saturated heterocycles. The number of imide groups is 1.